The van der Waals surface area contributed by atoms with Crippen LogP contribution in [-0.2, 0) is 0 Å². The van der Waals surface area contributed by atoms with Gasteiger partial charge in [0.25, 0.3) is 6.43 Å². The van der Waals surface area contributed by atoms with E-state index in [1.54, 1.807) is 24.3 Å². The Labute approximate surface area is 149 Å². The summed E-state index contributed by atoms with van der Waals surface area (Å²) in [6.45, 7) is 8.70. The standard InChI is InChI=1S/C16H24F2N2O.2ClH/c1-16(2,3)21-13-6-4-12(5-7-13)14(15(17)18)20-10-8-19-9-11-20;;/h4-7,14-15,19H,8-11H2,1-3H3;2*1H/t14-;;/m1../s1. The van der Waals surface area contributed by atoms with E-state index in [4.69, 9.17) is 4.74 Å². The molecule has 0 spiro atoms. The SMILES string of the molecule is CC(C)(C)Oc1ccc([C@H](C(F)F)N2CCNCC2)cc1.Cl.Cl. The molecule has 7 heteroatoms. The molecule has 0 radical (unpaired) electrons. The topological polar surface area (TPSA) is 24.5 Å². The number of nitrogens with zero attached hydrogens (tertiary/aromatic N) is 1. The third kappa shape index (κ3) is 6.79. The van der Waals surface area contributed by atoms with Crippen molar-refractivity contribution in [2.24, 2.45) is 0 Å². The molecule has 0 aliphatic carbocycles. The zero-order chi connectivity index (χ0) is 15.5. The summed E-state index contributed by atoms with van der Waals surface area (Å²) in [7, 11) is 0. The van der Waals surface area contributed by atoms with Crippen molar-refractivity contribution in [2.75, 3.05) is 26.2 Å². The third-order valence-corrected chi connectivity index (χ3v) is 3.43. The average molecular weight is 371 g/mol. The zero-order valence-corrected chi connectivity index (χ0v) is 15.4. The zero-order valence-electron chi connectivity index (χ0n) is 13.7. The van der Waals surface area contributed by atoms with Crippen LogP contribution in [0.15, 0.2) is 24.3 Å². The summed E-state index contributed by atoms with van der Waals surface area (Å²) >= 11 is 0. The molecule has 1 aromatic carbocycles. The van der Waals surface area contributed by atoms with Crippen molar-refractivity contribution < 1.29 is 13.5 Å². The minimum absolute atomic E-state index is 0. The molecule has 0 aromatic heterocycles. The quantitative estimate of drug-likeness (QED) is 0.868. The molecule has 1 heterocycles. The number of nitrogens with one attached hydrogen (secondary N) is 1. The monoisotopic (exact) mass is 370 g/mol. The molecule has 1 saturated heterocycles. The Morgan fingerprint density at radius 1 is 1.04 bits per heavy atom. The van der Waals surface area contributed by atoms with Crippen LogP contribution in [0, 0.1) is 0 Å². The van der Waals surface area contributed by atoms with Gasteiger partial charge >= 0.3 is 0 Å². The highest BCUT2D eigenvalue weighted by atomic mass is 35.5. The number of benzene rings is 1. The fraction of sp³-hybridized carbons (Fsp3) is 0.625. The maximum absolute atomic E-state index is 13.4. The second-order valence-electron chi connectivity index (χ2n) is 6.35. The Balaban J connectivity index is 0.00000242. The molecule has 0 amide bonds. The number of alkyl halides is 2. The number of piperazine rings is 1. The summed E-state index contributed by atoms with van der Waals surface area (Å²) in [5, 5.41) is 3.19. The lowest BCUT2D eigenvalue weighted by molar-refractivity contribution is 0.0181. The van der Waals surface area contributed by atoms with Crippen molar-refractivity contribution >= 4 is 24.8 Å². The van der Waals surface area contributed by atoms with Gasteiger partial charge in [0.05, 0.1) is 6.04 Å². The molecule has 1 N–H and O–H groups in total. The Bertz CT molecular complexity index is 446. The molecule has 23 heavy (non-hydrogen) atoms. The number of ether oxygens (including phenoxy) is 1. The van der Waals surface area contributed by atoms with Gasteiger partial charge in [-0.2, -0.15) is 0 Å². The molecule has 0 unspecified atom stereocenters. The summed E-state index contributed by atoms with van der Waals surface area (Å²) in [6, 6.07) is 6.21. The van der Waals surface area contributed by atoms with Crippen molar-refractivity contribution in [2.45, 2.75) is 38.8 Å². The summed E-state index contributed by atoms with van der Waals surface area (Å²) < 4.78 is 32.6. The fourth-order valence-corrected chi connectivity index (χ4v) is 2.56. The molecular formula is C16H26Cl2F2N2O. The Morgan fingerprint density at radius 2 is 1.57 bits per heavy atom. The number of hydrogen-bond acceptors (Lipinski definition) is 3. The first-order valence-corrected chi connectivity index (χ1v) is 7.39. The second kappa shape index (κ2) is 9.62. The highest BCUT2D eigenvalue weighted by Gasteiger charge is 2.30. The molecular weight excluding hydrogens is 345 g/mol. The number of hydrogen-bond donors (Lipinski definition) is 1. The van der Waals surface area contributed by atoms with E-state index >= 15 is 0 Å². The Kier molecular flexibility index (Phi) is 9.36. The van der Waals surface area contributed by atoms with E-state index in [2.05, 4.69) is 5.32 Å². The minimum atomic E-state index is -2.39. The number of halogens is 4. The number of rotatable bonds is 4. The van der Waals surface area contributed by atoms with Gasteiger partial charge in [0, 0.05) is 26.2 Å². The molecule has 134 valence electrons. The lowest BCUT2D eigenvalue weighted by Gasteiger charge is -2.34. The van der Waals surface area contributed by atoms with Gasteiger partial charge in [0.1, 0.15) is 11.4 Å². The van der Waals surface area contributed by atoms with Crippen LogP contribution in [-0.4, -0.2) is 43.1 Å². The summed E-state index contributed by atoms with van der Waals surface area (Å²) in [5.41, 5.74) is 0.357. The van der Waals surface area contributed by atoms with Crippen LogP contribution in [0.1, 0.15) is 32.4 Å². The van der Waals surface area contributed by atoms with E-state index in [1.165, 1.54) is 0 Å². The third-order valence-electron chi connectivity index (χ3n) is 3.43. The average Bonchev–Trinajstić information content (AvgIpc) is 2.40. The van der Waals surface area contributed by atoms with E-state index in [0.29, 0.717) is 24.4 Å². The predicted molar refractivity (Wildman–Crippen MR) is 94.5 cm³/mol. The van der Waals surface area contributed by atoms with E-state index in [0.717, 1.165) is 13.1 Å². The molecule has 1 fully saturated rings. The van der Waals surface area contributed by atoms with Crippen molar-refractivity contribution in [3.63, 3.8) is 0 Å². The highest BCUT2D eigenvalue weighted by Crippen LogP contribution is 2.29. The normalized spacial score (nSPS) is 17.1. The van der Waals surface area contributed by atoms with E-state index < -0.39 is 12.5 Å². The van der Waals surface area contributed by atoms with Gasteiger partial charge in [-0.1, -0.05) is 12.1 Å². The molecule has 1 atom stereocenters. The van der Waals surface area contributed by atoms with Crippen LogP contribution >= 0.6 is 24.8 Å². The van der Waals surface area contributed by atoms with Crippen molar-refractivity contribution in [1.29, 1.82) is 0 Å². The summed E-state index contributed by atoms with van der Waals surface area (Å²) in [6.07, 6.45) is -2.39. The molecule has 2 rings (SSSR count). The fourth-order valence-electron chi connectivity index (χ4n) is 2.56. The van der Waals surface area contributed by atoms with Gasteiger partial charge in [-0.15, -0.1) is 24.8 Å². The van der Waals surface area contributed by atoms with Crippen LogP contribution in [0.5, 0.6) is 5.75 Å². The van der Waals surface area contributed by atoms with Crippen LogP contribution in [0.25, 0.3) is 0 Å². The van der Waals surface area contributed by atoms with Crippen molar-refractivity contribution in [1.82, 2.24) is 10.2 Å². The Hall–Kier alpha value is -0.620. The molecule has 0 bridgehead atoms. The van der Waals surface area contributed by atoms with Crippen molar-refractivity contribution in [3.05, 3.63) is 29.8 Å². The summed E-state index contributed by atoms with van der Waals surface area (Å²) in [4.78, 5) is 1.85. The van der Waals surface area contributed by atoms with Gasteiger partial charge in [-0.25, -0.2) is 8.78 Å². The smallest absolute Gasteiger partial charge is 0.258 e. The maximum atomic E-state index is 13.4. The lowest BCUT2D eigenvalue weighted by atomic mass is 10.0. The Morgan fingerprint density at radius 3 is 2.00 bits per heavy atom. The summed E-state index contributed by atoms with van der Waals surface area (Å²) in [5.74, 6) is 0.708. The van der Waals surface area contributed by atoms with Crippen LogP contribution in [0.4, 0.5) is 8.78 Å². The van der Waals surface area contributed by atoms with Crippen LogP contribution < -0.4 is 10.1 Å². The first-order valence-electron chi connectivity index (χ1n) is 7.39. The van der Waals surface area contributed by atoms with Gasteiger partial charge in [0.2, 0.25) is 0 Å². The first kappa shape index (κ1) is 22.4. The van der Waals surface area contributed by atoms with Gasteiger partial charge in [0.15, 0.2) is 0 Å². The molecule has 1 aliphatic rings. The van der Waals surface area contributed by atoms with Gasteiger partial charge in [-0.05, 0) is 38.5 Å². The maximum Gasteiger partial charge on any atom is 0.258 e. The predicted octanol–water partition coefficient (Wildman–Crippen LogP) is 3.92. The van der Waals surface area contributed by atoms with Gasteiger partial charge < -0.3 is 10.1 Å². The molecule has 1 aliphatic heterocycles. The van der Waals surface area contributed by atoms with Crippen LogP contribution in [0.2, 0.25) is 0 Å². The van der Waals surface area contributed by atoms with E-state index in [9.17, 15) is 8.78 Å². The van der Waals surface area contributed by atoms with E-state index in [-0.39, 0.29) is 30.4 Å². The minimum Gasteiger partial charge on any atom is -0.488 e. The van der Waals surface area contributed by atoms with Crippen LogP contribution in [0.3, 0.4) is 0 Å². The second-order valence-corrected chi connectivity index (χ2v) is 6.35. The van der Waals surface area contributed by atoms with E-state index in [1.807, 2.05) is 25.7 Å². The van der Waals surface area contributed by atoms with Gasteiger partial charge in [-0.3, -0.25) is 4.90 Å². The van der Waals surface area contributed by atoms with Crippen molar-refractivity contribution in [3.8, 4) is 5.75 Å². The molecule has 0 saturated carbocycles. The highest BCUT2D eigenvalue weighted by molar-refractivity contribution is 5.85. The first-order chi connectivity index (χ1) is 9.87. The largest absolute Gasteiger partial charge is 0.488 e. The molecule has 3 nitrogen and oxygen atoms in total. The molecule has 1 aromatic rings. The lowest BCUT2D eigenvalue weighted by Crippen LogP contribution is -2.46.